The standard InChI is InChI=1S/C21H15BrN2/c22-19-20(16-10-4-1-5-11-16)23-24(18-14-8-3-9-15-18)21(19)17-12-6-2-7-13-17/h1-15H. The van der Waals surface area contributed by atoms with E-state index >= 15 is 0 Å². The molecule has 0 unspecified atom stereocenters. The van der Waals surface area contributed by atoms with Crippen LogP contribution in [0, 0.1) is 0 Å². The average Bonchev–Trinajstić information content (AvgIpc) is 3.01. The molecule has 0 fully saturated rings. The van der Waals surface area contributed by atoms with E-state index in [4.69, 9.17) is 5.10 Å². The predicted octanol–water partition coefficient (Wildman–Crippen LogP) is 5.97. The van der Waals surface area contributed by atoms with Gasteiger partial charge in [-0.25, -0.2) is 4.68 Å². The van der Waals surface area contributed by atoms with Gasteiger partial charge in [-0.3, -0.25) is 0 Å². The molecule has 0 aliphatic carbocycles. The summed E-state index contributed by atoms with van der Waals surface area (Å²) in [7, 11) is 0. The molecule has 1 heterocycles. The first-order valence-corrected chi connectivity index (χ1v) is 8.58. The molecule has 0 spiro atoms. The lowest BCUT2D eigenvalue weighted by Crippen LogP contribution is -1.98. The highest BCUT2D eigenvalue weighted by atomic mass is 79.9. The molecule has 0 aliphatic rings. The first-order chi connectivity index (χ1) is 11.8. The molecule has 1 aromatic heterocycles. The summed E-state index contributed by atoms with van der Waals surface area (Å²) in [6, 6.07) is 30.8. The molecule has 0 saturated carbocycles. The van der Waals surface area contributed by atoms with Gasteiger partial charge in [0.05, 0.1) is 15.9 Å². The van der Waals surface area contributed by atoms with E-state index in [0.717, 1.165) is 32.7 Å². The molecule has 2 nitrogen and oxygen atoms in total. The first-order valence-electron chi connectivity index (χ1n) is 7.79. The molecule has 0 aliphatic heterocycles. The number of hydrogen-bond acceptors (Lipinski definition) is 1. The third kappa shape index (κ3) is 2.68. The Kier molecular flexibility index (Phi) is 4.01. The van der Waals surface area contributed by atoms with Crippen molar-refractivity contribution in [1.82, 2.24) is 9.78 Å². The minimum absolute atomic E-state index is 0.943. The molecule has 116 valence electrons. The van der Waals surface area contributed by atoms with E-state index in [1.807, 2.05) is 59.3 Å². The summed E-state index contributed by atoms with van der Waals surface area (Å²) < 4.78 is 3.01. The fraction of sp³-hybridized carbons (Fsp3) is 0. The normalized spacial score (nSPS) is 10.7. The molecule has 0 N–H and O–H groups in total. The Labute approximate surface area is 149 Å². The van der Waals surface area contributed by atoms with Crippen molar-refractivity contribution in [3.05, 3.63) is 95.5 Å². The van der Waals surface area contributed by atoms with Gasteiger partial charge < -0.3 is 0 Å². The second kappa shape index (κ2) is 6.46. The number of rotatable bonds is 3. The third-order valence-corrected chi connectivity index (χ3v) is 4.67. The van der Waals surface area contributed by atoms with Crippen molar-refractivity contribution in [3.63, 3.8) is 0 Å². The van der Waals surface area contributed by atoms with Crippen LogP contribution in [0.25, 0.3) is 28.2 Å². The summed E-state index contributed by atoms with van der Waals surface area (Å²) in [5.74, 6) is 0. The maximum absolute atomic E-state index is 4.90. The van der Waals surface area contributed by atoms with Crippen LogP contribution in [-0.2, 0) is 0 Å². The Morgan fingerprint density at radius 2 is 1.12 bits per heavy atom. The summed E-state index contributed by atoms with van der Waals surface area (Å²) in [6.07, 6.45) is 0. The maximum atomic E-state index is 4.90. The van der Waals surface area contributed by atoms with E-state index in [1.165, 1.54) is 0 Å². The minimum atomic E-state index is 0.943. The van der Waals surface area contributed by atoms with Crippen molar-refractivity contribution in [2.24, 2.45) is 0 Å². The molecule has 0 atom stereocenters. The molecule has 4 rings (SSSR count). The highest BCUT2D eigenvalue weighted by molar-refractivity contribution is 9.10. The van der Waals surface area contributed by atoms with Gasteiger partial charge in [-0.2, -0.15) is 5.10 Å². The SMILES string of the molecule is Brc1c(-c2ccccc2)nn(-c2ccccc2)c1-c1ccccc1. The van der Waals surface area contributed by atoms with Crippen molar-refractivity contribution >= 4 is 15.9 Å². The van der Waals surface area contributed by atoms with Crippen LogP contribution in [-0.4, -0.2) is 9.78 Å². The lowest BCUT2D eigenvalue weighted by Gasteiger charge is -2.07. The molecule has 3 aromatic carbocycles. The molecule has 0 bridgehead atoms. The Balaban J connectivity index is 1.99. The minimum Gasteiger partial charge on any atom is -0.231 e. The van der Waals surface area contributed by atoms with Crippen LogP contribution in [0.15, 0.2) is 95.5 Å². The Bertz CT molecular complexity index is 945. The van der Waals surface area contributed by atoms with Gasteiger partial charge in [0.1, 0.15) is 5.69 Å². The zero-order valence-electron chi connectivity index (χ0n) is 12.9. The van der Waals surface area contributed by atoms with Crippen LogP contribution in [0.3, 0.4) is 0 Å². The molecule has 0 saturated heterocycles. The summed E-state index contributed by atoms with van der Waals surface area (Å²) in [4.78, 5) is 0. The number of aromatic nitrogens is 2. The van der Waals surface area contributed by atoms with Crippen molar-refractivity contribution in [3.8, 4) is 28.2 Å². The lowest BCUT2D eigenvalue weighted by atomic mass is 10.1. The van der Waals surface area contributed by atoms with E-state index in [1.54, 1.807) is 0 Å². The van der Waals surface area contributed by atoms with Crippen LogP contribution in [0.5, 0.6) is 0 Å². The number of halogens is 1. The number of hydrogen-bond donors (Lipinski definition) is 0. The summed E-state index contributed by atoms with van der Waals surface area (Å²) >= 11 is 3.79. The fourth-order valence-corrected chi connectivity index (χ4v) is 3.49. The molecular formula is C21H15BrN2. The first kappa shape index (κ1) is 14.9. The van der Waals surface area contributed by atoms with E-state index in [-0.39, 0.29) is 0 Å². The summed E-state index contributed by atoms with van der Waals surface area (Å²) in [6.45, 7) is 0. The third-order valence-electron chi connectivity index (χ3n) is 3.92. The summed E-state index contributed by atoms with van der Waals surface area (Å²) in [5, 5.41) is 4.90. The van der Waals surface area contributed by atoms with Crippen molar-refractivity contribution in [1.29, 1.82) is 0 Å². The van der Waals surface area contributed by atoms with Gasteiger partial charge in [-0.1, -0.05) is 78.9 Å². The second-order valence-corrected chi connectivity index (χ2v) is 6.28. The van der Waals surface area contributed by atoms with Crippen LogP contribution in [0.2, 0.25) is 0 Å². The summed E-state index contributed by atoms with van der Waals surface area (Å²) in [5.41, 5.74) is 5.26. The van der Waals surface area contributed by atoms with Crippen LogP contribution in [0.4, 0.5) is 0 Å². The van der Waals surface area contributed by atoms with Gasteiger partial charge in [-0.15, -0.1) is 0 Å². The Hall–Kier alpha value is -2.65. The monoisotopic (exact) mass is 374 g/mol. The number of nitrogens with zero attached hydrogens (tertiary/aromatic N) is 2. The molecule has 3 heteroatoms. The van der Waals surface area contributed by atoms with Crippen molar-refractivity contribution in [2.75, 3.05) is 0 Å². The highest BCUT2D eigenvalue weighted by Gasteiger charge is 2.19. The van der Waals surface area contributed by atoms with Gasteiger partial charge in [-0.05, 0) is 28.1 Å². The predicted molar refractivity (Wildman–Crippen MR) is 102 cm³/mol. The van der Waals surface area contributed by atoms with Crippen LogP contribution in [0.1, 0.15) is 0 Å². The number of benzene rings is 3. The largest absolute Gasteiger partial charge is 0.231 e. The van der Waals surface area contributed by atoms with Gasteiger partial charge in [0.15, 0.2) is 0 Å². The molecule has 0 amide bonds. The maximum Gasteiger partial charge on any atom is 0.108 e. The molecule has 24 heavy (non-hydrogen) atoms. The lowest BCUT2D eigenvalue weighted by molar-refractivity contribution is 0.892. The molecular weight excluding hydrogens is 360 g/mol. The van der Waals surface area contributed by atoms with Crippen LogP contribution >= 0.6 is 15.9 Å². The van der Waals surface area contributed by atoms with Crippen LogP contribution < -0.4 is 0 Å². The quantitative estimate of drug-likeness (QED) is 0.431. The van der Waals surface area contributed by atoms with Gasteiger partial charge in [0.2, 0.25) is 0 Å². The molecule has 0 radical (unpaired) electrons. The van der Waals surface area contributed by atoms with E-state index in [9.17, 15) is 0 Å². The zero-order valence-corrected chi connectivity index (χ0v) is 14.5. The fourth-order valence-electron chi connectivity index (χ4n) is 2.78. The van der Waals surface area contributed by atoms with Crippen molar-refractivity contribution < 1.29 is 0 Å². The Morgan fingerprint density at radius 3 is 1.71 bits per heavy atom. The topological polar surface area (TPSA) is 17.8 Å². The second-order valence-electron chi connectivity index (χ2n) is 5.49. The molecule has 4 aromatic rings. The van der Waals surface area contributed by atoms with Gasteiger partial charge in [0.25, 0.3) is 0 Å². The van der Waals surface area contributed by atoms with Gasteiger partial charge >= 0.3 is 0 Å². The van der Waals surface area contributed by atoms with E-state index < -0.39 is 0 Å². The van der Waals surface area contributed by atoms with Gasteiger partial charge in [0, 0.05) is 11.1 Å². The average molecular weight is 375 g/mol. The highest BCUT2D eigenvalue weighted by Crippen LogP contribution is 2.37. The van der Waals surface area contributed by atoms with E-state index in [0.29, 0.717) is 0 Å². The smallest absolute Gasteiger partial charge is 0.108 e. The zero-order chi connectivity index (χ0) is 16.4. The Morgan fingerprint density at radius 1 is 0.625 bits per heavy atom. The number of para-hydroxylation sites is 1. The van der Waals surface area contributed by atoms with E-state index in [2.05, 4.69) is 52.3 Å². The van der Waals surface area contributed by atoms with Crippen molar-refractivity contribution in [2.45, 2.75) is 0 Å².